The molecule has 2 aromatic carbocycles. The summed E-state index contributed by atoms with van der Waals surface area (Å²) in [5.74, 6) is -0.861. The van der Waals surface area contributed by atoms with Crippen LogP contribution in [0.3, 0.4) is 0 Å². The highest BCUT2D eigenvalue weighted by Gasteiger charge is 2.39. The fraction of sp³-hybridized carbons (Fsp3) is 0.250. The summed E-state index contributed by atoms with van der Waals surface area (Å²) in [4.78, 5) is -0.318. The molecular formula is C16H16BrFN2O2S. The van der Waals surface area contributed by atoms with Crippen LogP contribution >= 0.6 is 15.9 Å². The summed E-state index contributed by atoms with van der Waals surface area (Å²) in [5, 5.41) is 0. The van der Waals surface area contributed by atoms with E-state index < -0.39 is 15.8 Å². The third-order valence-electron chi connectivity index (χ3n) is 4.07. The molecule has 1 aliphatic rings. The van der Waals surface area contributed by atoms with Crippen molar-refractivity contribution in [2.24, 2.45) is 5.73 Å². The largest absolute Gasteiger partial charge is 0.326 e. The zero-order valence-electron chi connectivity index (χ0n) is 12.2. The van der Waals surface area contributed by atoms with E-state index in [-0.39, 0.29) is 29.9 Å². The second kappa shape index (κ2) is 6.32. The molecule has 0 aromatic heterocycles. The minimum atomic E-state index is -3.90. The molecule has 1 heterocycles. The lowest BCUT2D eigenvalue weighted by Gasteiger charge is -2.17. The Bertz CT molecular complexity index is 814. The van der Waals surface area contributed by atoms with Gasteiger partial charge >= 0.3 is 0 Å². The number of nitrogens with zero attached hydrogens (tertiary/aromatic N) is 1. The third-order valence-corrected chi connectivity index (χ3v) is 6.43. The van der Waals surface area contributed by atoms with E-state index in [9.17, 15) is 12.8 Å². The lowest BCUT2D eigenvalue weighted by Crippen LogP contribution is -2.32. The van der Waals surface area contributed by atoms with E-state index in [4.69, 9.17) is 5.73 Å². The summed E-state index contributed by atoms with van der Waals surface area (Å²) in [6, 6.07) is 13.2. The number of nitrogens with two attached hydrogens (primary N) is 1. The highest BCUT2D eigenvalue weighted by Crippen LogP contribution is 2.31. The molecule has 0 radical (unpaired) electrons. The van der Waals surface area contributed by atoms with Gasteiger partial charge in [0.2, 0.25) is 10.0 Å². The van der Waals surface area contributed by atoms with Gasteiger partial charge in [0.05, 0.1) is 0 Å². The second-order valence-electron chi connectivity index (χ2n) is 5.58. The normalized spacial score (nSPS) is 22.4. The van der Waals surface area contributed by atoms with E-state index in [0.717, 1.165) is 11.6 Å². The first-order valence-electron chi connectivity index (χ1n) is 7.15. The summed E-state index contributed by atoms with van der Waals surface area (Å²) in [6.07, 6.45) is 0. The van der Waals surface area contributed by atoms with Crippen LogP contribution in [-0.2, 0) is 10.0 Å². The van der Waals surface area contributed by atoms with Gasteiger partial charge in [-0.2, -0.15) is 4.31 Å². The van der Waals surface area contributed by atoms with Crippen LogP contribution in [0, 0.1) is 5.82 Å². The van der Waals surface area contributed by atoms with E-state index in [1.54, 1.807) is 0 Å². The van der Waals surface area contributed by atoms with Crippen LogP contribution in [0.2, 0.25) is 0 Å². The van der Waals surface area contributed by atoms with Crippen LogP contribution in [0.5, 0.6) is 0 Å². The van der Waals surface area contributed by atoms with Crippen molar-refractivity contribution in [1.82, 2.24) is 4.31 Å². The molecule has 7 heteroatoms. The molecule has 0 aliphatic carbocycles. The average molecular weight is 399 g/mol. The van der Waals surface area contributed by atoms with Gasteiger partial charge in [0.15, 0.2) is 0 Å². The first-order valence-corrected chi connectivity index (χ1v) is 9.38. The fourth-order valence-corrected chi connectivity index (χ4v) is 4.75. The number of sulfonamides is 1. The molecule has 0 bridgehead atoms. The molecule has 122 valence electrons. The summed E-state index contributed by atoms with van der Waals surface area (Å²) in [6.45, 7) is 0.431. The van der Waals surface area contributed by atoms with Crippen molar-refractivity contribution in [3.8, 4) is 0 Å². The molecule has 2 aromatic rings. The van der Waals surface area contributed by atoms with E-state index >= 15 is 0 Å². The molecule has 23 heavy (non-hydrogen) atoms. The van der Waals surface area contributed by atoms with Gasteiger partial charge < -0.3 is 5.73 Å². The van der Waals surface area contributed by atoms with Crippen LogP contribution in [0.15, 0.2) is 57.9 Å². The average Bonchev–Trinajstić information content (AvgIpc) is 2.90. The Labute approximate surface area is 143 Å². The van der Waals surface area contributed by atoms with Gasteiger partial charge in [-0.05, 0) is 23.8 Å². The fourth-order valence-electron chi connectivity index (χ4n) is 2.86. The van der Waals surface area contributed by atoms with Gasteiger partial charge in [-0.15, -0.1) is 0 Å². The number of benzene rings is 2. The Morgan fingerprint density at radius 1 is 1.13 bits per heavy atom. The molecule has 1 saturated heterocycles. The van der Waals surface area contributed by atoms with Crippen molar-refractivity contribution in [2.45, 2.75) is 16.9 Å². The van der Waals surface area contributed by atoms with Crippen molar-refractivity contribution in [3.05, 3.63) is 64.4 Å². The molecule has 0 amide bonds. The zero-order chi connectivity index (χ0) is 16.6. The Balaban J connectivity index is 1.90. The van der Waals surface area contributed by atoms with Gasteiger partial charge in [0, 0.05) is 29.5 Å². The highest BCUT2D eigenvalue weighted by atomic mass is 79.9. The number of rotatable bonds is 3. The SMILES string of the molecule is N[C@@H]1CN(S(=O)(=O)c2ccc(Br)cc2F)C[C@H]1c1ccccc1. The zero-order valence-corrected chi connectivity index (χ0v) is 14.6. The van der Waals surface area contributed by atoms with Crippen molar-refractivity contribution in [1.29, 1.82) is 0 Å². The Morgan fingerprint density at radius 3 is 2.48 bits per heavy atom. The maximum Gasteiger partial charge on any atom is 0.246 e. The molecule has 0 spiro atoms. The molecule has 0 saturated carbocycles. The van der Waals surface area contributed by atoms with E-state index in [1.807, 2.05) is 30.3 Å². The smallest absolute Gasteiger partial charge is 0.246 e. The number of hydrogen-bond acceptors (Lipinski definition) is 3. The molecular weight excluding hydrogens is 383 g/mol. The second-order valence-corrected chi connectivity index (χ2v) is 8.40. The quantitative estimate of drug-likeness (QED) is 0.864. The van der Waals surface area contributed by atoms with Gasteiger partial charge in [-0.25, -0.2) is 12.8 Å². The van der Waals surface area contributed by atoms with Gasteiger partial charge in [0.25, 0.3) is 0 Å². The molecule has 0 unspecified atom stereocenters. The minimum Gasteiger partial charge on any atom is -0.326 e. The van der Waals surface area contributed by atoms with Gasteiger partial charge in [0.1, 0.15) is 10.7 Å². The van der Waals surface area contributed by atoms with Crippen LogP contribution in [-0.4, -0.2) is 31.9 Å². The van der Waals surface area contributed by atoms with Crippen LogP contribution in [0.25, 0.3) is 0 Å². The molecule has 2 N–H and O–H groups in total. The van der Waals surface area contributed by atoms with Crippen molar-refractivity contribution >= 4 is 26.0 Å². The first-order chi connectivity index (χ1) is 10.9. The predicted octanol–water partition coefficient (Wildman–Crippen LogP) is 2.70. The Kier molecular flexibility index (Phi) is 4.55. The maximum atomic E-state index is 14.0. The molecule has 3 rings (SSSR count). The molecule has 2 atom stereocenters. The summed E-state index contributed by atoms with van der Waals surface area (Å²) in [5.41, 5.74) is 7.13. The van der Waals surface area contributed by atoms with Crippen LogP contribution in [0.1, 0.15) is 11.5 Å². The molecule has 4 nitrogen and oxygen atoms in total. The van der Waals surface area contributed by atoms with E-state index in [0.29, 0.717) is 4.47 Å². The van der Waals surface area contributed by atoms with Crippen LogP contribution < -0.4 is 5.73 Å². The number of halogens is 2. The Hall–Kier alpha value is -1.28. The lowest BCUT2D eigenvalue weighted by molar-refractivity contribution is 0.463. The minimum absolute atomic E-state index is 0.0931. The summed E-state index contributed by atoms with van der Waals surface area (Å²) >= 11 is 3.13. The summed E-state index contributed by atoms with van der Waals surface area (Å²) in [7, 11) is -3.90. The molecule has 1 fully saturated rings. The Morgan fingerprint density at radius 2 is 1.83 bits per heavy atom. The monoisotopic (exact) mass is 398 g/mol. The first kappa shape index (κ1) is 16.6. The van der Waals surface area contributed by atoms with E-state index in [1.165, 1.54) is 16.4 Å². The topological polar surface area (TPSA) is 63.4 Å². The van der Waals surface area contributed by atoms with Gasteiger partial charge in [-0.3, -0.25) is 0 Å². The van der Waals surface area contributed by atoms with Crippen LogP contribution in [0.4, 0.5) is 4.39 Å². The third kappa shape index (κ3) is 3.19. The van der Waals surface area contributed by atoms with E-state index in [2.05, 4.69) is 15.9 Å². The van der Waals surface area contributed by atoms with Crippen molar-refractivity contribution in [2.75, 3.05) is 13.1 Å². The molecule has 1 aliphatic heterocycles. The van der Waals surface area contributed by atoms with Gasteiger partial charge in [-0.1, -0.05) is 46.3 Å². The number of hydrogen-bond donors (Lipinski definition) is 1. The highest BCUT2D eigenvalue weighted by molar-refractivity contribution is 9.10. The summed E-state index contributed by atoms with van der Waals surface area (Å²) < 4.78 is 41.2. The predicted molar refractivity (Wildman–Crippen MR) is 90.0 cm³/mol. The van der Waals surface area contributed by atoms with Crippen molar-refractivity contribution < 1.29 is 12.8 Å². The maximum absolute atomic E-state index is 14.0. The lowest BCUT2D eigenvalue weighted by atomic mass is 9.95. The standard InChI is InChI=1S/C16H16BrFN2O2S/c17-12-6-7-16(14(18)8-12)23(21,22)20-9-13(15(19)10-20)11-4-2-1-3-5-11/h1-8,13,15H,9-10,19H2/t13-,15+/m0/s1. The van der Waals surface area contributed by atoms with Crippen molar-refractivity contribution in [3.63, 3.8) is 0 Å².